The van der Waals surface area contributed by atoms with Crippen LogP contribution in [0, 0.1) is 11.8 Å². The van der Waals surface area contributed by atoms with Gasteiger partial charge in [0.1, 0.15) is 11.5 Å². The molecule has 16 heteroatoms. The van der Waals surface area contributed by atoms with Crippen LogP contribution < -0.4 is 19.3 Å². The van der Waals surface area contributed by atoms with Crippen LogP contribution in [0.2, 0.25) is 0 Å². The van der Waals surface area contributed by atoms with Gasteiger partial charge in [0.05, 0.1) is 24.2 Å². The molecule has 50 heavy (non-hydrogen) atoms. The lowest BCUT2D eigenvalue weighted by Crippen LogP contribution is -2.34. The maximum Gasteiger partial charge on any atom is 0.573 e. The topological polar surface area (TPSA) is 62.2 Å². The van der Waals surface area contributed by atoms with Crippen molar-refractivity contribution in [2.75, 3.05) is 30.0 Å². The van der Waals surface area contributed by atoms with Crippen molar-refractivity contribution in [3.8, 4) is 11.5 Å². The van der Waals surface area contributed by atoms with Crippen LogP contribution in [0.1, 0.15) is 54.9 Å². The SMILES string of the molecule is CCN(C[C@H]1CC[C@H](C(=O)O)CC1)c1ccc(OC(F)(F)F)cc1CN(Cc1cc(C(F)(F)F)cc(C(F)(F)F)c1)c1ccc(OC)cc1.Cl. The fraction of sp³-hybridized carbons (Fsp3) is 0.441. The summed E-state index contributed by atoms with van der Waals surface area (Å²) in [7, 11) is 1.40. The fourth-order valence-electron chi connectivity index (χ4n) is 6.06. The van der Waals surface area contributed by atoms with Crippen LogP contribution >= 0.6 is 12.4 Å². The molecule has 0 atom stereocenters. The van der Waals surface area contributed by atoms with Crippen molar-refractivity contribution >= 4 is 29.8 Å². The summed E-state index contributed by atoms with van der Waals surface area (Å²) >= 11 is 0. The Morgan fingerprint density at radius 3 is 1.82 bits per heavy atom. The summed E-state index contributed by atoms with van der Waals surface area (Å²) in [5.41, 5.74) is -2.23. The first-order valence-electron chi connectivity index (χ1n) is 15.4. The monoisotopic (exact) mass is 742 g/mol. The number of halogens is 10. The molecular weight excluding hydrogens is 707 g/mol. The van der Waals surface area contributed by atoms with E-state index in [1.165, 1.54) is 42.3 Å². The largest absolute Gasteiger partial charge is 0.573 e. The van der Waals surface area contributed by atoms with Crippen molar-refractivity contribution in [3.05, 3.63) is 82.9 Å². The summed E-state index contributed by atoms with van der Waals surface area (Å²) in [6.45, 7) is 1.96. The molecule has 0 aromatic heterocycles. The molecule has 0 unspecified atom stereocenters. The van der Waals surface area contributed by atoms with Gasteiger partial charge in [-0.15, -0.1) is 25.6 Å². The number of hydrogen-bond donors (Lipinski definition) is 1. The lowest BCUT2D eigenvalue weighted by molar-refractivity contribution is -0.274. The van der Waals surface area contributed by atoms with E-state index in [1.807, 2.05) is 11.8 Å². The third kappa shape index (κ3) is 11.0. The van der Waals surface area contributed by atoms with Gasteiger partial charge in [-0.2, -0.15) is 26.3 Å². The first-order valence-corrected chi connectivity index (χ1v) is 15.4. The number of ether oxygens (including phenoxy) is 2. The van der Waals surface area contributed by atoms with Crippen molar-refractivity contribution in [1.82, 2.24) is 0 Å². The Morgan fingerprint density at radius 2 is 1.34 bits per heavy atom. The molecule has 1 saturated carbocycles. The minimum Gasteiger partial charge on any atom is -0.497 e. The zero-order valence-corrected chi connectivity index (χ0v) is 27.8. The Labute approximate surface area is 289 Å². The first-order chi connectivity index (χ1) is 22.9. The van der Waals surface area contributed by atoms with Gasteiger partial charge in [-0.1, -0.05) is 0 Å². The number of carboxylic acids is 1. The van der Waals surface area contributed by atoms with Gasteiger partial charge < -0.3 is 24.4 Å². The quantitative estimate of drug-likeness (QED) is 0.187. The van der Waals surface area contributed by atoms with Gasteiger partial charge in [0.15, 0.2) is 0 Å². The molecule has 6 nitrogen and oxygen atoms in total. The molecular formula is C34H36ClF9N2O4. The lowest BCUT2D eigenvalue weighted by Gasteiger charge is -2.34. The summed E-state index contributed by atoms with van der Waals surface area (Å²) in [5, 5.41) is 9.37. The highest BCUT2D eigenvalue weighted by Crippen LogP contribution is 2.38. The fourth-order valence-corrected chi connectivity index (χ4v) is 6.06. The predicted molar refractivity (Wildman–Crippen MR) is 171 cm³/mol. The van der Waals surface area contributed by atoms with Gasteiger partial charge in [0.2, 0.25) is 0 Å². The molecule has 0 amide bonds. The number of rotatable bonds is 12. The average Bonchev–Trinajstić information content (AvgIpc) is 3.02. The second kappa shape index (κ2) is 16.3. The summed E-state index contributed by atoms with van der Waals surface area (Å²) < 4.78 is 131. The van der Waals surface area contributed by atoms with Gasteiger partial charge in [0, 0.05) is 37.6 Å². The van der Waals surface area contributed by atoms with Gasteiger partial charge in [-0.05, 0) is 110 Å². The van der Waals surface area contributed by atoms with Gasteiger partial charge in [0.25, 0.3) is 0 Å². The van der Waals surface area contributed by atoms with E-state index in [0.717, 1.165) is 12.1 Å². The number of carbonyl (C=O) groups is 1. The zero-order valence-electron chi connectivity index (χ0n) is 27.0. The van der Waals surface area contributed by atoms with E-state index in [2.05, 4.69) is 4.74 Å². The van der Waals surface area contributed by atoms with Gasteiger partial charge >= 0.3 is 24.7 Å². The molecule has 0 heterocycles. The molecule has 3 aromatic rings. The average molecular weight is 743 g/mol. The highest BCUT2D eigenvalue weighted by atomic mass is 35.5. The molecule has 1 aliphatic rings. The molecule has 0 aliphatic heterocycles. The zero-order chi connectivity index (χ0) is 36.1. The molecule has 0 radical (unpaired) electrons. The van der Waals surface area contributed by atoms with Crippen molar-refractivity contribution in [2.24, 2.45) is 11.8 Å². The minimum atomic E-state index is -5.08. The van der Waals surface area contributed by atoms with Crippen molar-refractivity contribution in [2.45, 2.75) is 64.4 Å². The Morgan fingerprint density at radius 1 is 0.780 bits per heavy atom. The van der Waals surface area contributed by atoms with Crippen molar-refractivity contribution in [1.29, 1.82) is 0 Å². The number of hydrogen-bond acceptors (Lipinski definition) is 5. The second-order valence-corrected chi connectivity index (χ2v) is 11.9. The third-order valence-corrected chi connectivity index (χ3v) is 8.50. The van der Waals surface area contributed by atoms with Crippen LogP contribution in [-0.2, 0) is 30.2 Å². The summed E-state index contributed by atoms with van der Waals surface area (Å²) in [4.78, 5) is 14.8. The van der Waals surface area contributed by atoms with Crippen LogP contribution in [0.4, 0.5) is 50.9 Å². The maximum absolute atomic E-state index is 13.7. The third-order valence-electron chi connectivity index (χ3n) is 8.50. The minimum absolute atomic E-state index is 0. The summed E-state index contributed by atoms with van der Waals surface area (Å²) in [6.07, 6.45) is -13.0. The molecule has 276 valence electrons. The van der Waals surface area contributed by atoms with E-state index in [1.54, 1.807) is 0 Å². The summed E-state index contributed by atoms with van der Waals surface area (Å²) in [6, 6.07) is 11.1. The first kappa shape index (κ1) is 40.4. The molecule has 0 bridgehead atoms. The van der Waals surface area contributed by atoms with E-state index in [9.17, 15) is 49.4 Å². The number of nitrogens with zero attached hydrogens (tertiary/aromatic N) is 2. The predicted octanol–water partition coefficient (Wildman–Crippen LogP) is 9.98. The highest BCUT2D eigenvalue weighted by Gasteiger charge is 2.37. The Bertz CT molecular complexity index is 1540. The molecule has 4 rings (SSSR count). The standard InChI is InChI=1S/C34H35F9N2O4.ClH/c1-3-44(18-21-4-6-23(7-5-21)31(46)47)30-13-12-29(49-34(41,42)43)16-24(30)20-45(27-8-10-28(48-2)11-9-27)19-22-14-25(32(35,36)37)17-26(15-22)33(38,39)40;/h8-17,21,23H,3-7,18-20H2,1-2H3,(H,46,47);1H/t21-,23-;. The Kier molecular flexibility index (Phi) is 13.2. The van der Waals surface area contributed by atoms with Crippen LogP contribution in [0.25, 0.3) is 0 Å². The molecule has 1 aliphatic carbocycles. The maximum atomic E-state index is 13.7. The van der Waals surface area contributed by atoms with Gasteiger partial charge in [-0.25, -0.2) is 0 Å². The highest BCUT2D eigenvalue weighted by molar-refractivity contribution is 5.85. The van der Waals surface area contributed by atoms with Crippen LogP contribution in [0.5, 0.6) is 11.5 Å². The van der Waals surface area contributed by atoms with Gasteiger partial charge in [-0.3, -0.25) is 4.79 Å². The van der Waals surface area contributed by atoms with Crippen LogP contribution in [-0.4, -0.2) is 37.6 Å². The molecule has 3 aromatic carbocycles. The molecule has 0 spiro atoms. The van der Waals surface area contributed by atoms with Crippen molar-refractivity contribution in [3.63, 3.8) is 0 Å². The molecule has 1 N–H and O–H groups in total. The number of benzene rings is 3. The summed E-state index contributed by atoms with van der Waals surface area (Å²) in [5.74, 6) is -1.38. The number of methoxy groups -OCH3 is 1. The number of carboxylic acid groups (broad SMARTS) is 1. The lowest BCUT2D eigenvalue weighted by atomic mass is 9.81. The van der Waals surface area contributed by atoms with E-state index in [-0.39, 0.29) is 42.1 Å². The Hall–Kier alpha value is -4.01. The second-order valence-electron chi connectivity index (χ2n) is 11.9. The van der Waals surface area contributed by atoms with E-state index in [0.29, 0.717) is 68.0 Å². The number of alkyl halides is 9. The molecule has 0 saturated heterocycles. The smallest absolute Gasteiger partial charge is 0.497 e. The van der Waals surface area contributed by atoms with E-state index < -0.39 is 54.0 Å². The van der Waals surface area contributed by atoms with E-state index in [4.69, 9.17) is 4.74 Å². The number of aliphatic carboxylic acids is 1. The van der Waals surface area contributed by atoms with Crippen LogP contribution in [0.3, 0.4) is 0 Å². The van der Waals surface area contributed by atoms with E-state index >= 15 is 0 Å². The van der Waals surface area contributed by atoms with Crippen LogP contribution in [0.15, 0.2) is 60.7 Å². The molecule has 1 fully saturated rings. The van der Waals surface area contributed by atoms with Crippen molar-refractivity contribution < 1.29 is 58.9 Å². The number of anilines is 2. The Balaban J connectivity index is 0.00000676. The normalized spacial score (nSPS) is 16.7.